The van der Waals surface area contributed by atoms with Crippen molar-refractivity contribution in [1.82, 2.24) is 10.3 Å². The average Bonchev–Trinajstić information content (AvgIpc) is 2.50. The number of halogens is 2. The van der Waals surface area contributed by atoms with E-state index in [9.17, 15) is 4.39 Å². The molecule has 0 radical (unpaired) electrons. The molecule has 1 atom stereocenters. The highest BCUT2D eigenvalue weighted by molar-refractivity contribution is 6.30. The van der Waals surface area contributed by atoms with Gasteiger partial charge in [-0.05, 0) is 36.2 Å². The van der Waals surface area contributed by atoms with Crippen LogP contribution in [0.2, 0.25) is 5.02 Å². The molecule has 21 heavy (non-hydrogen) atoms. The molecule has 0 aliphatic carbocycles. The summed E-state index contributed by atoms with van der Waals surface area (Å²) in [4.78, 5) is 4.13. The summed E-state index contributed by atoms with van der Waals surface area (Å²) in [6.07, 6.45) is 3.56. The molecule has 0 saturated heterocycles. The van der Waals surface area contributed by atoms with Gasteiger partial charge in [0.15, 0.2) is 0 Å². The van der Waals surface area contributed by atoms with Gasteiger partial charge in [0.2, 0.25) is 0 Å². The van der Waals surface area contributed by atoms with Crippen LogP contribution in [0.5, 0.6) is 0 Å². The summed E-state index contributed by atoms with van der Waals surface area (Å²) in [5.41, 5.74) is 1.59. The molecule has 1 unspecified atom stereocenters. The van der Waals surface area contributed by atoms with E-state index in [2.05, 4.69) is 10.3 Å². The summed E-state index contributed by atoms with van der Waals surface area (Å²) < 4.78 is 14.2. The zero-order chi connectivity index (χ0) is 14.8. The normalized spacial score (nSPS) is 12.5. The Hall–Kier alpha value is -1.97. The molecule has 3 aromatic rings. The van der Waals surface area contributed by atoms with E-state index in [-0.39, 0.29) is 11.9 Å². The van der Waals surface area contributed by atoms with Crippen LogP contribution in [0.25, 0.3) is 10.8 Å². The van der Waals surface area contributed by atoms with Gasteiger partial charge in [0.1, 0.15) is 5.82 Å². The summed E-state index contributed by atoms with van der Waals surface area (Å²) in [6.45, 7) is 0. The van der Waals surface area contributed by atoms with Crippen molar-refractivity contribution in [3.8, 4) is 0 Å². The van der Waals surface area contributed by atoms with Gasteiger partial charge in [-0.15, -0.1) is 0 Å². The molecule has 3 rings (SSSR count). The predicted molar refractivity (Wildman–Crippen MR) is 84.1 cm³/mol. The van der Waals surface area contributed by atoms with Gasteiger partial charge in [-0.2, -0.15) is 0 Å². The van der Waals surface area contributed by atoms with Crippen LogP contribution in [0.1, 0.15) is 17.2 Å². The first kappa shape index (κ1) is 14.0. The Bertz CT molecular complexity index is 783. The first-order valence-electron chi connectivity index (χ1n) is 6.65. The number of benzene rings is 2. The van der Waals surface area contributed by atoms with Crippen LogP contribution in [0.15, 0.2) is 54.9 Å². The summed E-state index contributed by atoms with van der Waals surface area (Å²) in [5, 5.41) is 5.67. The lowest BCUT2D eigenvalue weighted by Crippen LogP contribution is -2.19. The lowest BCUT2D eigenvalue weighted by Gasteiger charge is -2.20. The van der Waals surface area contributed by atoms with E-state index >= 15 is 0 Å². The molecule has 0 aliphatic heterocycles. The molecule has 2 aromatic carbocycles. The first-order chi connectivity index (χ1) is 10.2. The van der Waals surface area contributed by atoms with E-state index in [1.807, 2.05) is 37.5 Å². The fraction of sp³-hybridized carbons (Fsp3) is 0.118. The molecule has 0 bridgehead atoms. The topological polar surface area (TPSA) is 24.9 Å². The molecule has 0 aliphatic rings. The van der Waals surface area contributed by atoms with Crippen molar-refractivity contribution in [2.24, 2.45) is 0 Å². The molecule has 2 nitrogen and oxygen atoms in total. The summed E-state index contributed by atoms with van der Waals surface area (Å²) in [6, 6.07) is 12.4. The van der Waals surface area contributed by atoms with Crippen LogP contribution >= 0.6 is 11.6 Å². The fourth-order valence-corrected chi connectivity index (χ4v) is 2.77. The van der Waals surface area contributed by atoms with Crippen LogP contribution in [-0.2, 0) is 0 Å². The van der Waals surface area contributed by atoms with E-state index in [0.29, 0.717) is 10.6 Å². The van der Waals surface area contributed by atoms with Crippen molar-refractivity contribution in [2.75, 3.05) is 7.05 Å². The number of hydrogen-bond donors (Lipinski definition) is 1. The SMILES string of the molecule is CNC(c1ccc(Cl)cc1F)c1cccc2cnccc12. The minimum Gasteiger partial charge on any atom is -0.309 e. The zero-order valence-corrected chi connectivity index (χ0v) is 12.2. The quantitative estimate of drug-likeness (QED) is 0.778. The monoisotopic (exact) mass is 300 g/mol. The van der Waals surface area contributed by atoms with E-state index in [1.54, 1.807) is 18.3 Å². The minimum absolute atomic E-state index is 0.242. The molecule has 1 heterocycles. The van der Waals surface area contributed by atoms with E-state index in [0.717, 1.165) is 16.3 Å². The van der Waals surface area contributed by atoms with Crippen LogP contribution in [-0.4, -0.2) is 12.0 Å². The maximum Gasteiger partial charge on any atom is 0.129 e. The van der Waals surface area contributed by atoms with Gasteiger partial charge in [0.05, 0.1) is 6.04 Å². The largest absolute Gasteiger partial charge is 0.309 e. The molecule has 0 amide bonds. The maximum absolute atomic E-state index is 14.2. The number of nitrogens with zero attached hydrogens (tertiary/aromatic N) is 1. The van der Waals surface area contributed by atoms with Gasteiger partial charge in [0.25, 0.3) is 0 Å². The summed E-state index contributed by atoms with van der Waals surface area (Å²) in [7, 11) is 1.82. The molecule has 0 saturated carbocycles. The average molecular weight is 301 g/mol. The van der Waals surface area contributed by atoms with E-state index in [1.165, 1.54) is 6.07 Å². The number of nitrogens with one attached hydrogen (secondary N) is 1. The maximum atomic E-state index is 14.2. The third-order valence-electron chi connectivity index (χ3n) is 3.59. The Kier molecular flexibility index (Phi) is 3.86. The Morgan fingerprint density at radius 2 is 2.00 bits per heavy atom. The van der Waals surface area contributed by atoms with Crippen LogP contribution < -0.4 is 5.32 Å². The molecule has 0 spiro atoms. The van der Waals surface area contributed by atoms with Gasteiger partial charge in [-0.3, -0.25) is 4.98 Å². The van der Waals surface area contributed by atoms with Gasteiger partial charge >= 0.3 is 0 Å². The van der Waals surface area contributed by atoms with Gasteiger partial charge in [-0.25, -0.2) is 4.39 Å². The number of hydrogen-bond acceptors (Lipinski definition) is 2. The van der Waals surface area contributed by atoms with Crippen LogP contribution in [0.4, 0.5) is 4.39 Å². The molecular weight excluding hydrogens is 287 g/mol. The second-order valence-electron chi connectivity index (χ2n) is 4.83. The van der Waals surface area contributed by atoms with Crippen LogP contribution in [0, 0.1) is 5.82 Å². The van der Waals surface area contributed by atoms with Gasteiger partial charge < -0.3 is 5.32 Å². The molecule has 1 N–H and O–H groups in total. The number of rotatable bonds is 3. The molecule has 1 aromatic heterocycles. The highest BCUT2D eigenvalue weighted by Gasteiger charge is 2.18. The minimum atomic E-state index is -0.312. The summed E-state index contributed by atoms with van der Waals surface area (Å²) in [5.74, 6) is -0.312. The van der Waals surface area contributed by atoms with E-state index < -0.39 is 0 Å². The number of pyridine rings is 1. The second-order valence-corrected chi connectivity index (χ2v) is 5.27. The van der Waals surface area contributed by atoms with Crippen molar-refractivity contribution in [2.45, 2.75) is 6.04 Å². The molecule has 4 heteroatoms. The number of aromatic nitrogens is 1. The van der Waals surface area contributed by atoms with E-state index in [4.69, 9.17) is 11.6 Å². The highest BCUT2D eigenvalue weighted by Crippen LogP contribution is 2.30. The third kappa shape index (κ3) is 2.62. The van der Waals surface area contributed by atoms with Gasteiger partial charge in [0, 0.05) is 28.4 Å². The Labute approximate surface area is 127 Å². The standard InChI is InChI=1S/C17H14ClFN2/c1-20-17(15-6-5-12(18)9-16(15)19)14-4-2-3-11-10-21-8-7-13(11)14/h2-10,17,20H,1H3. The van der Waals surface area contributed by atoms with Crippen molar-refractivity contribution >= 4 is 22.4 Å². The first-order valence-corrected chi connectivity index (χ1v) is 7.03. The Morgan fingerprint density at radius 1 is 1.14 bits per heavy atom. The Balaban J connectivity index is 2.18. The highest BCUT2D eigenvalue weighted by atomic mass is 35.5. The zero-order valence-electron chi connectivity index (χ0n) is 11.5. The van der Waals surface area contributed by atoms with Crippen molar-refractivity contribution < 1.29 is 4.39 Å². The second kappa shape index (κ2) is 5.80. The molecule has 106 valence electrons. The fourth-order valence-electron chi connectivity index (χ4n) is 2.61. The molecule has 0 fully saturated rings. The van der Waals surface area contributed by atoms with Crippen molar-refractivity contribution in [3.63, 3.8) is 0 Å². The lowest BCUT2D eigenvalue weighted by atomic mass is 9.94. The predicted octanol–water partition coefficient (Wildman–Crippen LogP) is 4.34. The third-order valence-corrected chi connectivity index (χ3v) is 3.82. The smallest absolute Gasteiger partial charge is 0.129 e. The number of fused-ring (bicyclic) bond motifs is 1. The van der Waals surface area contributed by atoms with Crippen molar-refractivity contribution in [3.05, 3.63) is 76.8 Å². The van der Waals surface area contributed by atoms with Gasteiger partial charge in [-0.1, -0.05) is 35.9 Å². The van der Waals surface area contributed by atoms with Crippen molar-refractivity contribution in [1.29, 1.82) is 0 Å². The Morgan fingerprint density at radius 3 is 2.76 bits per heavy atom. The molecular formula is C17H14ClFN2. The van der Waals surface area contributed by atoms with Crippen LogP contribution in [0.3, 0.4) is 0 Å². The lowest BCUT2D eigenvalue weighted by molar-refractivity contribution is 0.577. The summed E-state index contributed by atoms with van der Waals surface area (Å²) >= 11 is 5.84.